The molecule has 4 heteroatoms. The van der Waals surface area contributed by atoms with Gasteiger partial charge in [0.2, 0.25) is 0 Å². The Morgan fingerprint density at radius 2 is 2.13 bits per heavy atom. The molecule has 0 unspecified atom stereocenters. The maximum Gasteiger partial charge on any atom is 0.137 e. The van der Waals surface area contributed by atoms with Gasteiger partial charge in [-0.2, -0.15) is 5.26 Å². The smallest absolute Gasteiger partial charge is 0.137 e. The van der Waals surface area contributed by atoms with Crippen LogP contribution in [0.3, 0.4) is 0 Å². The molecule has 0 saturated heterocycles. The first-order chi connectivity index (χ1) is 7.19. The van der Waals surface area contributed by atoms with Gasteiger partial charge >= 0.3 is 0 Å². The van der Waals surface area contributed by atoms with Crippen molar-refractivity contribution in [3.05, 3.63) is 29.1 Å². The Hall–Kier alpha value is -1.60. The van der Waals surface area contributed by atoms with Gasteiger partial charge in [0.05, 0.1) is 12.2 Å². The van der Waals surface area contributed by atoms with Gasteiger partial charge in [0.25, 0.3) is 0 Å². The van der Waals surface area contributed by atoms with Gasteiger partial charge < -0.3 is 9.47 Å². The number of halogens is 1. The van der Waals surface area contributed by atoms with Crippen LogP contribution in [0, 0.1) is 24.1 Å². The van der Waals surface area contributed by atoms with Crippen molar-refractivity contribution in [2.45, 2.75) is 6.92 Å². The normalized spacial score (nSPS) is 9.73. The quantitative estimate of drug-likeness (QED) is 0.712. The maximum absolute atomic E-state index is 13.1. The number of aryl methyl sites for hydroxylation is 1. The number of hydrogen-bond donors (Lipinski definition) is 0. The van der Waals surface area contributed by atoms with E-state index >= 15 is 0 Å². The van der Waals surface area contributed by atoms with E-state index in [-0.39, 0.29) is 5.56 Å². The third-order valence-electron chi connectivity index (χ3n) is 1.93. The lowest BCUT2D eigenvalue weighted by molar-refractivity contribution is 0.146. The summed E-state index contributed by atoms with van der Waals surface area (Å²) in [6, 6.07) is 4.58. The second-order valence-corrected chi connectivity index (χ2v) is 3.05. The van der Waals surface area contributed by atoms with Crippen LogP contribution in [0.1, 0.15) is 11.1 Å². The van der Waals surface area contributed by atoms with E-state index in [2.05, 4.69) is 0 Å². The summed E-state index contributed by atoms with van der Waals surface area (Å²) in [4.78, 5) is 0. The minimum Gasteiger partial charge on any atom is -0.490 e. The van der Waals surface area contributed by atoms with Crippen LogP contribution in [-0.4, -0.2) is 20.3 Å². The molecule has 0 aromatic heterocycles. The zero-order valence-corrected chi connectivity index (χ0v) is 8.71. The zero-order chi connectivity index (χ0) is 11.3. The SMILES string of the molecule is COCCOc1cc(C)c(F)cc1C#N. The average Bonchev–Trinajstić information content (AvgIpc) is 2.23. The Bertz CT molecular complexity index is 385. The summed E-state index contributed by atoms with van der Waals surface area (Å²) in [7, 11) is 1.56. The summed E-state index contributed by atoms with van der Waals surface area (Å²) >= 11 is 0. The van der Waals surface area contributed by atoms with Crippen LogP contribution in [0.25, 0.3) is 0 Å². The molecule has 3 nitrogen and oxygen atoms in total. The number of nitrogens with zero attached hydrogens (tertiary/aromatic N) is 1. The van der Waals surface area contributed by atoms with Gasteiger partial charge in [-0.25, -0.2) is 4.39 Å². The first kappa shape index (κ1) is 11.5. The number of nitriles is 1. The third kappa shape index (κ3) is 2.93. The summed E-state index contributed by atoms with van der Waals surface area (Å²) in [5, 5.41) is 8.76. The van der Waals surface area contributed by atoms with Crippen LogP contribution in [-0.2, 0) is 4.74 Å². The Morgan fingerprint density at radius 3 is 2.73 bits per heavy atom. The number of benzene rings is 1. The predicted octanol–water partition coefficient (Wildman–Crippen LogP) is 2.03. The highest BCUT2D eigenvalue weighted by molar-refractivity contribution is 5.45. The summed E-state index contributed by atoms with van der Waals surface area (Å²) in [6.45, 7) is 2.40. The molecule has 0 atom stereocenters. The minimum atomic E-state index is -0.398. The number of hydrogen-bond acceptors (Lipinski definition) is 3. The lowest BCUT2D eigenvalue weighted by atomic mass is 10.1. The average molecular weight is 209 g/mol. The molecule has 80 valence electrons. The molecule has 15 heavy (non-hydrogen) atoms. The minimum absolute atomic E-state index is 0.203. The van der Waals surface area contributed by atoms with Crippen molar-refractivity contribution in [1.82, 2.24) is 0 Å². The van der Waals surface area contributed by atoms with E-state index in [1.54, 1.807) is 14.0 Å². The van der Waals surface area contributed by atoms with Gasteiger partial charge in [0.15, 0.2) is 0 Å². The van der Waals surface area contributed by atoms with Crippen LogP contribution in [0.5, 0.6) is 5.75 Å². The number of methoxy groups -OCH3 is 1. The van der Waals surface area contributed by atoms with Crippen molar-refractivity contribution >= 4 is 0 Å². The molecular formula is C11H12FNO2. The molecule has 0 aliphatic carbocycles. The van der Waals surface area contributed by atoms with Gasteiger partial charge in [-0.05, 0) is 24.6 Å². The van der Waals surface area contributed by atoms with Crippen LogP contribution in [0.2, 0.25) is 0 Å². The predicted molar refractivity (Wildman–Crippen MR) is 53.2 cm³/mol. The second kappa shape index (κ2) is 5.32. The fourth-order valence-electron chi connectivity index (χ4n) is 1.10. The number of rotatable bonds is 4. The van der Waals surface area contributed by atoms with Gasteiger partial charge in [-0.1, -0.05) is 0 Å². The van der Waals surface area contributed by atoms with E-state index in [9.17, 15) is 4.39 Å². The molecule has 0 N–H and O–H groups in total. The fourth-order valence-corrected chi connectivity index (χ4v) is 1.10. The van der Waals surface area contributed by atoms with Gasteiger partial charge in [-0.15, -0.1) is 0 Å². The first-order valence-corrected chi connectivity index (χ1v) is 4.51. The van der Waals surface area contributed by atoms with Gasteiger partial charge in [-0.3, -0.25) is 0 Å². The molecule has 1 rings (SSSR count). The molecular weight excluding hydrogens is 197 g/mol. The highest BCUT2D eigenvalue weighted by Gasteiger charge is 2.07. The van der Waals surface area contributed by atoms with Gasteiger partial charge in [0, 0.05) is 7.11 Å². The first-order valence-electron chi connectivity index (χ1n) is 4.51. The van der Waals surface area contributed by atoms with E-state index in [0.717, 1.165) is 0 Å². The summed E-state index contributed by atoms with van der Waals surface area (Å²) in [6.07, 6.45) is 0. The van der Waals surface area contributed by atoms with Crippen molar-refractivity contribution in [3.8, 4) is 11.8 Å². The molecule has 0 aliphatic heterocycles. The van der Waals surface area contributed by atoms with Crippen LogP contribution < -0.4 is 4.74 Å². The second-order valence-electron chi connectivity index (χ2n) is 3.05. The van der Waals surface area contributed by atoms with E-state index in [1.807, 2.05) is 6.07 Å². The third-order valence-corrected chi connectivity index (χ3v) is 1.93. The lowest BCUT2D eigenvalue weighted by Gasteiger charge is -2.08. The Kier molecular flexibility index (Phi) is 4.07. The molecule has 1 aromatic rings. The van der Waals surface area contributed by atoms with E-state index in [4.69, 9.17) is 14.7 Å². The Labute approximate surface area is 88.0 Å². The summed E-state index contributed by atoms with van der Waals surface area (Å²) < 4.78 is 23.2. The lowest BCUT2D eigenvalue weighted by Crippen LogP contribution is -2.05. The van der Waals surface area contributed by atoms with E-state index in [0.29, 0.717) is 24.5 Å². The molecule has 0 amide bonds. The number of ether oxygens (including phenoxy) is 2. The standard InChI is InChI=1S/C11H12FNO2/c1-8-5-11(15-4-3-14-2)9(7-13)6-10(8)12/h5-6H,3-4H2,1-2H3. The molecule has 0 heterocycles. The van der Waals surface area contributed by atoms with E-state index in [1.165, 1.54) is 12.1 Å². The van der Waals surface area contributed by atoms with E-state index < -0.39 is 5.82 Å². The molecule has 0 bridgehead atoms. The topological polar surface area (TPSA) is 42.2 Å². The largest absolute Gasteiger partial charge is 0.490 e. The van der Waals surface area contributed by atoms with Crippen molar-refractivity contribution in [1.29, 1.82) is 5.26 Å². The van der Waals surface area contributed by atoms with Crippen molar-refractivity contribution < 1.29 is 13.9 Å². The Morgan fingerprint density at radius 1 is 1.40 bits per heavy atom. The highest BCUT2D eigenvalue weighted by atomic mass is 19.1. The van der Waals surface area contributed by atoms with Crippen LogP contribution in [0.15, 0.2) is 12.1 Å². The molecule has 1 aromatic carbocycles. The molecule has 0 aliphatic rings. The molecule has 0 fully saturated rings. The van der Waals surface area contributed by atoms with Crippen LogP contribution in [0.4, 0.5) is 4.39 Å². The molecule has 0 spiro atoms. The van der Waals surface area contributed by atoms with Crippen molar-refractivity contribution in [3.63, 3.8) is 0 Å². The van der Waals surface area contributed by atoms with Crippen molar-refractivity contribution in [2.75, 3.05) is 20.3 Å². The monoisotopic (exact) mass is 209 g/mol. The highest BCUT2D eigenvalue weighted by Crippen LogP contribution is 2.21. The summed E-state index contributed by atoms with van der Waals surface area (Å²) in [5.74, 6) is -0.000841. The molecule has 0 radical (unpaired) electrons. The zero-order valence-electron chi connectivity index (χ0n) is 8.71. The molecule has 0 saturated carbocycles. The van der Waals surface area contributed by atoms with Crippen LogP contribution >= 0.6 is 0 Å². The van der Waals surface area contributed by atoms with Crippen molar-refractivity contribution in [2.24, 2.45) is 0 Å². The summed E-state index contributed by atoms with van der Waals surface area (Å²) in [5.41, 5.74) is 0.663. The fraction of sp³-hybridized carbons (Fsp3) is 0.364. The maximum atomic E-state index is 13.1. The Balaban J connectivity index is 2.86. The van der Waals surface area contributed by atoms with Gasteiger partial charge in [0.1, 0.15) is 24.2 Å².